The van der Waals surface area contributed by atoms with Crippen molar-refractivity contribution >= 4 is 46.4 Å². The predicted octanol–water partition coefficient (Wildman–Crippen LogP) is 5.21. The lowest BCUT2D eigenvalue weighted by atomic mass is 10.1. The molecule has 0 spiro atoms. The molecule has 4 rings (SSSR count). The number of nitrogens with one attached hydrogen (secondary N) is 1. The topological polar surface area (TPSA) is 52.7 Å². The van der Waals surface area contributed by atoms with Crippen LogP contribution in [0.1, 0.15) is 20.7 Å². The molecule has 31 heavy (non-hydrogen) atoms. The number of piperazine rings is 1. The monoisotopic (exact) mass is 453 g/mol. The summed E-state index contributed by atoms with van der Waals surface area (Å²) in [5, 5.41) is 4.03. The number of nitrogens with zero attached hydrogens (tertiary/aromatic N) is 2. The normalized spacial score (nSPS) is 13.7. The smallest absolute Gasteiger partial charge is 0.255 e. The third-order valence-electron chi connectivity index (χ3n) is 5.24. The van der Waals surface area contributed by atoms with Gasteiger partial charge < -0.3 is 15.1 Å². The minimum Gasteiger partial charge on any atom is -0.368 e. The fourth-order valence-corrected chi connectivity index (χ4v) is 3.85. The van der Waals surface area contributed by atoms with E-state index in [0.717, 1.165) is 18.8 Å². The van der Waals surface area contributed by atoms with Gasteiger partial charge in [0.15, 0.2) is 0 Å². The Bertz CT molecular complexity index is 1080. The average Bonchev–Trinajstić information content (AvgIpc) is 2.80. The molecule has 2 amide bonds. The van der Waals surface area contributed by atoms with E-state index in [1.165, 1.54) is 0 Å². The summed E-state index contributed by atoms with van der Waals surface area (Å²) < 4.78 is 0. The van der Waals surface area contributed by atoms with E-state index in [2.05, 4.69) is 10.2 Å². The molecule has 0 aromatic heterocycles. The molecule has 5 nitrogen and oxygen atoms in total. The summed E-state index contributed by atoms with van der Waals surface area (Å²) in [5.74, 6) is -0.181. The molecule has 7 heteroatoms. The van der Waals surface area contributed by atoms with Crippen molar-refractivity contribution in [2.24, 2.45) is 0 Å². The summed E-state index contributed by atoms with van der Waals surface area (Å²) in [7, 11) is 0. The largest absolute Gasteiger partial charge is 0.368 e. The Morgan fingerprint density at radius 1 is 0.742 bits per heavy atom. The molecule has 1 saturated heterocycles. The van der Waals surface area contributed by atoms with Gasteiger partial charge in [0, 0.05) is 58.7 Å². The molecule has 1 aliphatic heterocycles. The zero-order valence-corrected chi connectivity index (χ0v) is 18.2. The Morgan fingerprint density at radius 2 is 1.42 bits per heavy atom. The van der Waals surface area contributed by atoms with E-state index >= 15 is 0 Å². The third-order valence-corrected chi connectivity index (χ3v) is 5.72. The molecule has 1 fully saturated rings. The number of anilines is 2. The maximum absolute atomic E-state index is 12.7. The number of carbonyl (C=O) groups is 2. The predicted molar refractivity (Wildman–Crippen MR) is 125 cm³/mol. The fraction of sp³-hybridized carbons (Fsp3) is 0.167. The number of carbonyl (C=O) groups excluding carboxylic acids is 2. The number of amides is 2. The van der Waals surface area contributed by atoms with Crippen molar-refractivity contribution < 1.29 is 9.59 Å². The lowest BCUT2D eigenvalue weighted by Gasteiger charge is -2.36. The van der Waals surface area contributed by atoms with Gasteiger partial charge in [0.1, 0.15) is 0 Å². The Labute approximate surface area is 191 Å². The first-order valence-electron chi connectivity index (χ1n) is 9.96. The van der Waals surface area contributed by atoms with Gasteiger partial charge in [-0.15, -0.1) is 0 Å². The van der Waals surface area contributed by atoms with Gasteiger partial charge in [-0.2, -0.15) is 0 Å². The van der Waals surface area contributed by atoms with Crippen molar-refractivity contribution in [3.63, 3.8) is 0 Å². The van der Waals surface area contributed by atoms with Gasteiger partial charge in [-0.1, -0.05) is 29.3 Å². The minimum atomic E-state index is -0.204. The summed E-state index contributed by atoms with van der Waals surface area (Å²) >= 11 is 11.9. The van der Waals surface area contributed by atoms with Crippen molar-refractivity contribution in [1.29, 1.82) is 0 Å². The fourth-order valence-electron chi connectivity index (χ4n) is 3.53. The average molecular weight is 454 g/mol. The highest BCUT2D eigenvalue weighted by Crippen LogP contribution is 2.21. The number of halogens is 2. The molecule has 0 unspecified atom stereocenters. The van der Waals surface area contributed by atoms with Gasteiger partial charge in [-0.05, 0) is 66.7 Å². The van der Waals surface area contributed by atoms with E-state index in [4.69, 9.17) is 23.2 Å². The highest BCUT2D eigenvalue weighted by atomic mass is 35.5. The molecule has 1 aliphatic rings. The number of benzene rings is 3. The molecule has 0 saturated carbocycles. The summed E-state index contributed by atoms with van der Waals surface area (Å²) in [4.78, 5) is 29.1. The standard InChI is InChI=1S/C24H21Cl2N3O2/c25-19-6-4-17(5-7-19)24(31)29-14-12-28(13-15-29)22-10-8-21(9-11-22)27-23(30)18-2-1-3-20(26)16-18/h1-11,16H,12-15H2,(H,27,30). The van der Waals surface area contributed by atoms with E-state index < -0.39 is 0 Å². The molecule has 3 aromatic carbocycles. The van der Waals surface area contributed by atoms with E-state index in [0.29, 0.717) is 39.9 Å². The second-order valence-corrected chi connectivity index (χ2v) is 8.17. The molecule has 158 valence electrons. The first-order chi connectivity index (χ1) is 15.0. The lowest BCUT2D eigenvalue weighted by Crippen LogP contribution is -2.48. The van der Waals surface area contributed by atoms with Crippen LogP contribution in [-0.4, -0.2) is 42.9 Å². The van der Waals surface area contributed by atoms with Gasteiger partial charge in [-0.3, -0.25) is 9.59 Å². The summed E-state index contributed by atoms with van der Waals surface area (Å²) in [6.07, 6.45) is 0. The van der Waals surface area contributed by atoms with Crippen LogP contribution in [0.2, 0.25) is 10.0 Å². The Hall–Kier alpha value is -3.02. The quantitative estimate of drug-likeness (QED) is 0.589. The van der Waals surface area contributed by atoms with Gasteiger partial charge in [0.25, 0.3) is 11.8 Å². The van der Waals surface area contributed by atoms with E-state index in [-0.39, 0.29) is 11.8 Å². The summed E-state index contributed by atoms with van der Waals surface area (Å²) in [5.41, 5.74) is 2.93. The van der Waals surface area contributed by atoms with Crippen molar-refractivity contribution in [2.75, 3.05) is 36.4 Å². The van der Waals surface area contributed by atoms with Crippen LogP contribution < -0.4 is 10.2 Å². The molecule has 0 atom stereocenters. The first kappa shape index (κ1) is 21.2. The molecule has 0 aliphatic carbocycles. The molecule has 0 bridgehead atoms. The van der Waals surface area contributed by atoms with Crippen LogP contribution in [0.25, 0.3) is 0 Å². The van der Waals surface area contributed by atoms with Gasteiger partial charge >= 0.3 is 0 Å². The molecule has 3 aromatic rings. The van der Waals surface area contributed by atoms with Crippen molar-refractivity contribution in [2.45, 2.75) is 0 Å². The van der Waals surface area contributed by atoms with Crippen LogP contribution >= 0.6 is 23.2 Å². The summed E-state index contributed by atoms with van der Waals surface area (Å²) in [6.45, 7) is 2.78. The van der Waals surface area contributed by atoms with Crippen LogP contribution in [0.3, 0.4) is 0 Å². The molecular formula is C24H21Cl2N3O2. The van der Waals surface area contributed by atoms with Crippen molar-refractivity contribution in [3.05, 3.63) is 94.0 Å². The van der Waals surface area contributed by atoms with Gasteiger partial charge in [-0.25, -0.2) is 0 Å². The second-order valence-electron chi connectivity index (χ2n) is 7.30. The van der Waals surface area contributed by atoms with Crippen molar-refractivity contribution in [3.8, 4) is 0 Å². The lowest BCUT2D eigenvalue weighted by molar-refractivity contribution is 0.0746. The zero-order chi connectivity index (χ0) is 21.8. The van der Waals surface area contributed by atoms with Crippen LogP contribution in [0, 0.1) is 0 Å². The zero-order valence-electron chi connectivity index (χ0n) is 16.7. The van der Waals surface area contributed by atoms with Crippen LogP contribution in [0.4, 0.5) is 11.4 Å². The highest BCUT2D eigenvalue weighted by Gasteiger charge is 2.22. The maximum atomic E-state index is 12.7. The van der Waals surface area contributed by atoms with E-state index in [1.54, 1.807) is 48.5 Å². The molecular weight excluding hydrogens is 433 g/mol. The number of hydrogen-bond acceptors (Lipinski definition) is 3. The van der Waals surface area contributed by atoms with Crippen LogP contribution in [0.15, 0.2) is 72.8 Å². The van der Waals surface area contributed by atoms with Gasteiger partial charge in [0.05, 0.1) is 0 Å². The highest BCUT2D eigenvalue weighted by molar-refractivity contribution is 6.31. The van der Waals surface area contributed by atoms with Crippen LogP contribution in [0.5, 0.6) is 0 Å². The Kier molecular flexibility index (Phi) is 6.44. The maximum Gasteiger partial charge on any atom is 0.255 e. The number of hydrogen-bond donors (Lipinski definition) is 1. The second kappa shape index (κ2) is 9.41. The van der Waals surface area contributed by atoms with E-state index in [9.17, 15) is 9.59 Å². The van der Waals surface area contributed by atoms with E-state index in [1.807, 2.05) is 29.2 Å². The summed E-state index contributed by atoms with van der Waals surface area (Å²) in [6, 6.07) is 21.5. The molecule has 1 N–H and O–H groups in total. The Balaban J connectivity index is 1.33. The first-order valence-corrected chi connectivity index (χ1v) is 10.7. The molecule has 0 radical (unpaired) electrons. The molecule has 1 heterocycles. The number of rotatable bonds is 4. The SMILES string of the molecule is O=C(Nc1ccc(N2CCN(C(=O)c3ccc(Cl)cc3)CC2)cc1)c1cccc(Cl)c1. The van der Waals surface area contributed by atoms with Gasteiger partial charge in [0.2, 0.25) is 0 Å². The Morgan fingerprint density at radius 3 is 2.06 bits per heavy atom. The third kappa shape index (κ3) is 5.19. The minimum absolute atomic E-state index is 0.0235. The van der Waals surface area contributed by atoms with Crippen molar-refractivity contribution in [1.82, 2.24) is 4.90 Å². The van der Waals surface area contributed by atoms with Crippen LogP contribution in [-0.2, 0) is 0 Å².